The first-order valence-electron chi connectivity index (χ1n) is 5.96. The summed E-state index contributed by atoms with van der Waals surface area (Å²) in [5.74, 6) is 0.526. The van der Waals surface area contributed by atoms with Gasteiger partial charge in [-0.15, -0.1) is 11.6 Å². The van der Waals surface area contributed by atoms with Crippen LogP contribution in [0.3, 0.4) is 0 Å². The molecule has 1 amide bonds. The predicted molar refractivity (Wildman–Crippen MR) is 72.7 cm³/mol. The van der Waals surface area contributed by atoms with Gasteiger partial charge in [0, 0.05) is 17.0 Å². The van der Waals surface area contributed by atoms with Gasteiger partial charge in [0.05, 0.1) is 0 Å². The molecule has 1 aromatic rings. The first-order valence-corrected chi connectivity index (χ1v) is 6.49. The number of rotatable bonds is 5. The zero-order valence-corrected chi connectivity index (χ0v) is 11.5. The molecule has 1 rings (SSSR count). The maximum Gasteiger partial charge on any atom is 0.251 e. The van der Waals surface area contributed by atoms with Crippen molar-refractivity contribution in [3.05, 3.63) is 35.4 Å². The summed E-state index contributed by atoms with van der Waals surface area (Å²) in [6.45, 7) is 6.09. The van der Waals surface area contributed by atoms with Gasteiger partial charge in [-0.05, 0) is 38.8 Å². The number of nitrogens with one attached hydrogen (secondary N) is 1. The van der Waals surface area contributed by atoms with Crippen molar-refractivity contribution in [1.82, 2.24) is 5.32 Å². The van der Waals surface area contributed by atoms with Crippen molar-refractivity contribution in [2.24, 2.45) is 0 Å². The SMILES string of the molecule is CCC(C)(CCCl)NC(=O)c1ccc(C)cc1. The van der Waals surface area contributed by atoms with E-state index < -0.39 is 0 Å². The molecule has 0 aromatic heterocycles. The summed E-state index contributed by atoms with van der Waals surface area (Å²) in [7, 11) is 0. The molecule has 0 radical (unpaired) electrons. The van der Waals surface area contributed by atoms with Crippen LogP contribution in [0.5, 0.6) is 0 Å². The van der Waals surface area contributed by atoms with E-state index in [4.69, 9.17) is 11.6 Å². The second kappa shape index (κ2) is 6.06. The van der Waals surface area contributed by atoms with E-state index in [1.807, 2.05) is 38.1 Å². The van der Waals surface area contributed by atoms with Crippen molar-refractivity contribution in [3.63, 3.8) is 0 Å². The van der Waals surface area contributed by atoms with Gasteiger partial charge in [0.15, 0.2) is 0 Å². The Bertz CT molecular complexity index is 374. The molecule has 17 heavy (non-hydrogen) atoms. The van der Waals surface area contributed by atoms with Gasteiger partial charge < -0.3 is 5.32 Å². The van der Waals surface area contributed by atoms with E-state index in [1.165, 1.54) is 0 Å². The summed E-state index contributed by atoms with van der Waals surface area (Å²) >= 11 is 5.76. The van der Waals surface area contributed by atoms with E-state index in [1.54, 1.807) is 0 Å². The number of alkyl halides is 1. The van der Waals surface area contributed by atoms with Crippen LogP contribution in [0.25, 0.3) is 0 Å². The lowest BCUT2D eigenvalue weighted by atomic mass is 9.95. The number of hydrogen-bond donors (Lipinski definition) is 1. The van der Waals surface area contributed by atoms with Crippen LogP contribution in [0, 0.1) is 6.92 Å². The molecular weight excluding hydrogens is 234 g/mol. The normalized spacial score (nSPS) is 14.1. The highest BCUT2D eigenvalue weighted by molar-refractivity contribution is 6.17. The zero-order chi connectivity index (χ0) is 12.9. The highest BCUT2D eigenvalue weighted by Crippen LogP contribution is 2.16. The molecule has 1 N–H and O–H groups in total. The Balaban J connectivity index is 2.74. The Hall–Kier alpha value is -1.02. The minimum Gasteiger partial charge on any atom is -0.347 e. The third kappa shape index (κ3) is 4.04. The molecule has 1 unspecified atom stereocenters. The van der Waals surface area contributed by atoms with Crippen LogP contribution in [0.4, 0.5) is 0 Å². The lowest BCUT2D eigenvalue weighted by Gasteiger charge is -2.29. The van der Waals surface area contributed by atoms with Gasteiger partial charge in [0.1, 0.15) is 0 Å². The molecule has 2 nitrogen and oxygen atoms in total. The summed E-state index contributed by atoms with van der Waals surface area (Å²) < 4.78 is 0. The van der Waals surface area contributed by atoms with Crippen molar-refractivity contribution < 1.29 is 4.79 Å². The fourth-order valence-corrected chi connectivity index (χ4v) is 2.00. The largest absolute Gasteiger partial charge is 0.347 e. The Labute approximate surface area is 108 Å². The summed E-state index contributed by atoms with van der Waals surface area (Å²) in [5.41, 5.74) is 1.63. The molecule has 0 bridgehead atoms. The Kier molecular flexibility index (Phi) is 5.01. The maximum absolute atomic E-state index is 12.1. The predicted octanol–water partition coefficient (Wildman–Crippen LogP) is 3.52. The highest BCUT2D eigenvalue weighted by Gasteiger charge is 2.23. The summed E-state index contributed by atoms with van der Waals surface area (Å²) in [5, 5.41) is 3.06. The van der Waals surface area contributed by atoms with Gasteiger partial charge in [-0.1, -0.05) is 24.6 Å². The molecule has 0 spiro atoms. The number of amides is 1. The van der Waals surface area contributed by atoms with E-state index in [0.29, 0.717) is 11.4 Å². The minimum absolute atomic E-state index is 0.0283. The molecule has 0 saturated carbocycles. The first-order chi connectivity index (χ1) is 8.00. The lowest BCUT2D eigenvalue weighted by Crippen LogP contribution is -2.45. The van der Waals surface area contributed by atoms with E-state index in [2.05, 4.69) is 12.2 Å². The third-order valence-corrected chi connectivity index (χ3v) is 3.34. The van der Waals surface area contributed by atoms with Gasteiger partial charge in [0.25, 0.3) is 5.91 Å². The average molecular weight is 254 g/mol. The van der Waals surface area contributed by atoms with Crippen LogP contribution in [0.1, 0.15) is 42.6 Å². The van der Waals surface area contributed by atoms with Gasteiger partial charge in [0.2, 0.25) is 0 Å². The molecule has 1 aromatic carbocycles. The van der Waals surface area contributed by atoms with Crippen LogP contribution in [-0.4, -0.2) is 17.3 Å². The van der Waals surface area contributed by atoms with Crippen molar-refractivity contribution in [2.75, 3.05) is 5.88 Å². The van der Waals surface area contributed by atoms with E-state index >= 15 is 0 Å². The molecule has 0 saturated heterocycles. The Morgan fingerprint density at radius 2 is 1.94 bits per heavy atom. The van der Waals surface area contributed by atoms with Crippen LogP contribution in [-0.2, 0) is 0 Å². The third-order valence-electron chi connectivity index (χ3n) is 3.16. The topological polar surface area (TPSA) is 29.1 Å². The second-order valence-electron chi connectivity index (χ2n) is 4.67. The molecular formula is C14H20ClNO. The molecule has 0 aliphatic heterocycles. The fourth-order valence-electron chi connectivity index (χ4n) is 1.59. The fraction of sp³-hybridized carbons (Fsp3) is 0.500. The second-order valence-corrected chi connectivity index (χ2v) is 5.05. The number of carbonyl (C=O) groups is 1. The van der Waals surface area contributed by atoms with Crippen LogP contribution in [0.2, 0.25) is 0 Å². The number of aryl methyl sites for hydroxylation is 1. The summed E-state index contributed by atoms with van der Waals surface area (Å²) in [6, 6.07) is 7.59. The van der Waals surface area contributed by atoms with Crippen molar-refractivity contribution in [3.8, 4) is 0 Å². The number of hydrogen-bond acceptors (Lipinski definition) is 1. The molecule has 0 aliphatic carbocycles. The van der Waals surface area contributed by atoms with Gasteiger partial charge in [-0.25, -0.2) is 0 Å². The van der Waals surface area contributed by atoms with Crippen LogP contribution < -0.4 is 5.32 Å². The standard InChI is InChI=1S/C14H20ClNO/c1-4-14(3,9-10-15)16-13(17)12-7-5-11(2)6-8-12/h5-8H,4,9-10H2,1-3H3,(H,16,17). The minimum atomic E-state index is -0.219. The monoisotopic (exact) mass is 253 g/mol. The van der Waals surface area contributed by atoms with Crippen LogP contribution >= 0.6 is 11.6 Å². The lowest BCUT2D eigenvalue weighted by molar-refractivity contribution is 0.0901. The molecule has 0 fully saturated rings. The maximum atomic E-state index is 12.1. The molecule has 94 valence electrons. The number of benzene rings is 1. The highest BCUT2D eigenvalue weighted by atomic mass is 35.5. The smallest absolute Gasteiger partial charge is 0.251 e. The average Bonchev–Trinajstić information content (AvgIpc) is 2.30. The Morgan fingerprint density at radius 1 is 1.35 bits per heavy atom. The van der Waals surface area contributed by atoms with Gasteiger partial charge in [-0.2, -0.15) is 0 Å². The molecule has 0 aliphatic rings. The van der Waals surface area contributed by atoms with E-state index in [0.717, 1.165) is 18.4 Å². The first kappa shape index (κ1) is 14.0. The van der Waals surface area contributed by atoms with E-state index in [9.17, 15) is 4.79 Å². The number of carbonyl (C=O) groups excluding carboxylic acids is 1. The van der Waals surface area contributed by atoms with Crippen molar-refractivity contribution in [1.29, 1.82) is 0 Å². The Morgan fingerprint density at radius 3 is 2.41 bits per heavy atom. The zero-order valence-electron chi connectivity index (χ0n) is 10.7. The van der Waals surface area contributed by atoms with Crippen LogP contribution in [0.15, 0.2) is 24.3 Å². The quantitative estimate of drug-likeness (QED) is 0.800. The van der Waals surface area contributed by atoms with Gasteiger partial charge in [-0.3, -0.25) is 4.79 Å². The number of halogens is 1. The van der Waals surface area contributed by atoms with E-state index in [-0.39, 0.29) is 11.4 Å². The summed E-state index contributed by atoms with van der Waals surface area (Å²) in [6.07, 6.45) is 1.65. The molecule has 0 heterocycles. The van der Waals surface area contributed by atoms with Crippen molar-refractivity contribution >= 4 is 17.5 Å². The van der Waals surface area contributed by atoms with Gasteiger partial charge >= 0.3 is 0 Å². The molecule has 3 heteroatoms. The molecule has 1 atom stereocenters. The van der Waals surface area contributed by atoms with Crippen molar-refractivity contribution in [2.45, 2.75) is 39.2 Å². The summed E-state index contributed by atoms with van der Waals surface area (Å²) in [4.78, 5) is 12.1.